The molecule has 6 heteroatoms. The van der Waals surface area contributed by atoms with Gasteiger partial charge in [0.05, 0.1) is 17.6 Å². The highest BCUT2D eigenvalue weighted by Crippen LogP contribution is 2.22. The zero-order valence-electron chi connectivity index (χ0n) is 11.6. The lowest BCUT2D eigenvalue weighted by Crippen LogP contribution is -2.48. The second kappa shape index (κ2) is 5.05. The monoisotopic (exact) mass is 285 g/mol. The van der Waals surface area contributed by atoms with Crippen LogP contribution in [0, 0.1) is 0 Å². The number of pyridine rings is 1. The van der Waals surface area contributed by atoms with E-state index in [0.717, 1.165) is 6.54 Å². The van der Waals surface area contributed by atoms with Gasteiger partial charge in [0, 0.05) is 25.5 Å². The number of carbonyl (C=O) groups excluding carboxylic acids is 1. The van der Waals surface area contributed by atoms with Crippen LogP contribution in [0.2, 0.25) is 0 Å². The predicted octanol–water partition coefficient (Wildman–Crippen LogP) is 1.21. The number of carboxylic acids is 1. The molecule has 2 heterocycles. The molecule has 3 rings (SSSR count). The van der Waals surface area contributed by atoms with Gasteiger partial charge in [-0.05, 0) is 24.3 Å². The summed E-state index contributed by atoms with van der Waals surface area (Å²) in [5.74, 6) is -0.209. The van der Waals surface area contributed by atoms with Crippen LogP contribution in [0.15, 0.2) is 30.3 Å². The first-order chi connectivity index (χ1) is 10.1. The van der Waals surface area contributed by atoms with E-state index >= 15 is 0 Å². The van der Waals surface area contributed by atoms with E-state index in [4.69, 9.17) is 0 Å². The van der Waals surface area contributed by atoms with Gasteiger partial charge in [0.25, 0.3) is 0 Å². The first-order valence-electron chi connectivity index (χ1n) is 6.68. The molecule has 0 spiro atoms. The maximum Gasteiger partial charge on any atom is 0.336 e. The van der Waals surface area contributed by atoms with E-state index in [0.29, 0.717) is 29.8 Å². The van der Waals surface area contributed by atoms with Gasteiger partial charge in [0.2, 0.25) is 5.91 Å². The lowest BCUT2D eigenvalue weighted by molar-refractivity contribution is -0.129. The summed E-state index contributed by atoms with van der Waals surface area (Å²) in [5.41, 5.74) is 0.861. The van der Waals surface area contributed by atoms with Crippen LogP contribution < -0.4 is 4.90 Å². The fraction of sp³-hybridized carbons (Fsp3) is 0.267. The summed E-state index contributed by atoms with van der Waals surface area (Å²) in [6.07, 6.45) is 0. The van der Waals surface area contributed by atoms with Crippen molar-refractivity contribution in [3.63, 3.8) is 0 Å². The topological polar surface area (TPSA) is 73.7 Å². The number of likely N-dealkylation sites (N-methyl/N-ethyl adjacent to an activating group) is 1. The van der Waals surface area contributed by atoms with Gasteiger partial charge in [-0.25, -0.2) is 9.78 Å². The molecule has 2 aromatic rings. The van der Waals surface area contributed by atoms with E-state index in [2.05, 4.69) is 4.98 Å². The molecule has 1 amide bonds. The molecule has 108 valence electrons. The minimum atomic E-state index is -0.968. The molecular formula is C15H15N3O3. The molecule has 1 saturated heterocycles. The highest BCUT2D eigenvalue weighted by atomic mass is 16.4. The summed E-state index contributed by atoms with van der Waals surface area (Å²) >= 11 is 0. The molecule has 0 radical (unpaired) electrons. The summed E-state index contributed by atoms with van der Waals surface area (Å²) in [6, 6.07) is 8.55. The number of piperazine rings is 1. The van der Waals surface area contributed by atoms with E-state index in [1.807, 2.05) is 4.90 Å². The predicted molar refractivity (Wildman–Crippen MR) is 78.6 cm³/mol. The van der Waals surface area contributed by atoms with Crippen molar-refractivity contribution in [1.82, 2.24) is 9.88 Å². The fourth-order valence-corrected chi connectivity index (χ4v) is 2.46. The van der Waals surface area contributed by atoms with E-state index in [9.17, 15) is 14.7 Å². The van der Waals surface area contributed by atoms with Crippen molar-refractivity contribution in [3.8, 4) is 0 Å². The summed E-state index contributed by atoms with van der Waals surface area (Å²) in [7, 11) is 1.78. The van der Waals surface area contributed by atoms with Crippen molar-refractivity contribution < 1.29 is 14.7 Å². The lowest BCUT2D eigenvalue weighted by Gasteiger charge is -2.32. The second-order valence-corrected chi connectivity index (χ2v) is 5.08. The number of rotatable bonds is 2. The molecule has 0 unspecified atom stereocenters. The van der Waals surface area contributed by atoms with Gasteiger partial charge >= 0.3 is 5.97 Å². The first-order valence-corrected chi connectivity index (χ1v) is 6.68. The Morgan fingerprint density at radius 1 is 1.24 bits per heavy atom. The van der Waals surface area contributed by atoms with E-state index < -0.39 is 5.97 Å². The normalized spacial score (nSPS) is 15.6. The Morgan fingerprint density at radius 2 is 2.05 bits per heavy atom. The fourth-order valence-electron chi connectivity index (χ4n) is 2.46. The zero-order chi connectivity index (χ0) is 15.0. The van der Waals surface area contributed by atoms with Crippen LogP contribution in [0.4, 0.5) is 5.82 Å². The van der Waals surface area contributed by atoms with Gasteiger partial charge < -0.3 is 14.9 Å². The summed E-state index contributed by atoms with van der Waals surface area (Å²) in [6.45, 7) is 1.68. The number of hydrogen-bond donors (Lipinski definition) is 1. The molecule has 0 aliphatic carbocycles. The SMILES string of the molecule is CN1CCN(c2ccc3c(C(=O)O)cccc3n2)CC1=O. The van der Waals surface area contributed by atoms with Gasteiger partial charge in [-0.3, -0.25) is 4.79 Å². The number of aromatic carboxylic acids is 1. The number of amides is 1. The molecule has 1 N–H and O–H groups in total. The summed E-state index contributed by atoms with van der Waals surface area (Å²) < 4.78 is 0. The first kappa shape index (κ1) is 13.4. The maximum atomic E-state index is 11.8. The van der Waals surface area contributed by atoms with Crippen LogP contribution in [0.3, 0.4) is 0 Å². The minimum Gasteiger partial charge on any atom is -0.478 e. The molecule has 6 nitrogen and oxygen atoms in total. The van der Waals surface area contributed by atoms with E-state index in [1.54, 1.807) is 42.3 Å². The zero-order valence-corrected chi connectivity index (χ0v) is 11.6. The summed E-state index contributed by atoms with van der Waals surface area (Å²) in [5, 5.41) is 9.78. The number of aromatic nitrogens is 1. The van der Waals surface area contributed by atoms with E-state index in [-0.39, 0.29) is 11.5 Å². The molecular weight excluding hydrogens is 270 g/mol. The number of benzene rings is 1. The number of carboxylic acid groups (broad SMARTS) is 1. The quantitative estimate of drug-likeness (QED) is 0.898. The third-order valence-corrected chi connectivity index (χ3v) is 3.73. The average Bonchev–Trinajstić information content (AvgIpc) is 2.48. The minimum absolute atomic E-state index is 0.0578. The Labute approximate surface area is 121 Å². The number of hydrogen-bond acceptors (Lipinski definition) is 4. The van der Waals surface area contributed by atoms with Gasteiger partial charge in [0.15, 0.2) is 0 Å². The third-order valence-electron chi connectivity index (χ3n) is 3.73. The Bertz CT molecular complexity index is 729. The number of anilines is 1. The summed E-state index contributed by atoms with van der Waals surface area (Å²) in [4.78, 5) is 31.1. The van der Waals surface area contributed by atoms with Gasteiger partial charge in [-0.2, -0.15) is 0 Å². The molecule has 21 heavy (non-hydrogen) atoms. The van der Waals surface area contributed by atoms with Gasteiger partial charge in [0.1, 0.15) is 5.82 Å². The van der Waals surface area contributed by atoms with Crippen molar-refractivity contribution >= 4 is 28.6 Å². The Hall–Kier alpha value is -2.63. The van der Waals surface area contributed by atoms with Crippen molar-refractivity contribution in [2.75, 3.05) is 31.6 Å². The van der Waals surface area contributed by atoms with Crippen LogP contribution in [-0.4, -0.2) is 53.5 Å². The van der Waals surface area contributed by atoms with Gasteiger partial charge in [-0.1, -0.05) is 6.07 Å². The van der Waals surface area contributed by atoms with Crippen molar-refractivity contribution in [2.24, 2.45) is 0 Å². The largest absolute Gasteiger partial charge is 0.478 e. The molecule has 1 aliphatic rings. The maximum absolute atomic E-state index is 11.8. The van der Waals surface area contributed by atoms with Crippen molar-refractivity contribution in [2.45, 2.75) is 0 Å². The van der Waals surface area contributed by atoms with E-state index in [1.165, 1.54) is 0 Å². The molecule has 0 atom stereocenters. The van der Waals surface area contributed by atoms with Crippen LogP contribution in [0.25, 0.3) is 10.9 Å². The van der Waals surface area contributed by atoms with Crippen molar-refractivity contribution in [1.29, 1.82) is 0 Å². The standard InChI is InChI=1S/C15H15N3O3/c1-17-7-8-18(9-14(17)19)13-6-5-10-11(15(20)21)3-2-4-12(10)16-13/h2-6H,7-9H2,1H3,(H,20,21). The van der Waals surface area contributed by atoms with Crippen LogP contribution >= 0.6 is 0 Å². The molecule has 1 aromatic heterocycles. The van der Waals surface area contributed by atoms with Gasteiger partial charge in [-0.15, -0.1) is 0 Å². The number of fused-ring (bicyclic) bond motifs is 1. The second-order valence-electron chi connectivity index (χ2n) is 5.08. The lowest BCUT2D eigenvalue weighted by atomic mass is 10.1. The molecule has 1 aliphatic heterocycles. The molecule has 0 saturated carbocycles. The Morgan fingerprint density at radius 3 is 2.76 bits per heavy atom. The smallest absolute Gasteiger partial charge is 0.336 e. The average molecular weight is 285 g/mol. The highest BCUT2D eigenvalue weighted by Gasteiger charge is 2.22. The molecule has 0 bridgehead atoms. The number of nitrogens with zero attached hydrogens (tertiary/aromatic N) is 3. The Kier molecular flexibility index (Phi) is 3.21. The Balaban J connectivity index is 1.99. The van der Waals surface area contributed by atoms with Crippen LogP contribution in [0.1, 0.15) is 10.4 Å². The van der Waals surface area contributed by atoms with Crippen LogP contribution in [0.5, 0.6) is 0 Å². The van der Waals surface area contributed by atoms with Crippen molar-refractivity contribution in [3.05, 3.63) is 35.9 Å². The molecule has 1 aromatic carbocycles. The third kappa shape index (κ3) is 2.40. The highest BCUT2D eigenvalue weighted by molar-refractivity contribution is 6.02. The molecule has 1 fully saturated rings. The van der Waals surface area contributed by atoms with Crippen LogP contribution in [-0.2, 0) is 4.79 Å². The number of carbonyl (C=O) groups is 2.